The van der Waals surface area contributed by atoms with Gasteiger partial charge >= 0.3 is 17.5 Å². The Morgan fingerprint density at radius 3 is 2.91 bits per heavy atom. The normalized spacial score (nSPS) is 16.9. The molecule has 1 aromatic carbocycles. The van der Waals surface area contributed by atoms with E-state index in [1.165, 1.54) is 19.1 Å². The maximum atomic E-state index is 13.8. The second-order valence-electron chi connectivity index (χ2n) is 5.33. The third-order valence-electron chi connectivity index (χ3n) is 3.60. The summed E-state index contributed by atoms with van der Waals surface area (Å²) in [4.78, 5) is 22.5. The number of carbonyl (C=O) groups excluding carboxylic acids is 1. The van der Waals surface area contributed by atoms with Gasteiger partial charge in [0, 0.05) is 23.9 Å². The maximum absolute atomic E-state index is 13.8. The smallest absolute Gasteiger partial charge is 0.377 e. The molecule has 2 aromatic rings. The summed E-state index contributed by atoms with van der Waals surface area (Å²) in [7, 11) is 0. The van der Waals surface area contributed by atoms with Gasteiger partial charge in [0.2, 0.25) is 0 Å². The van der Waals surface area contributed by atoms with Crippen LogP contribution in [0.3, 0.4) is 0 Å². The van der Waals surface area contributed by atoms with Crippen LogP contribution in [0.15, 0.2) is 33.5 Å². The zero-order valence-electron chi connectivity index (χ0n) is 12.3. The molecule has 122 valence electrons. The van der Waals surface area contributed by atoms with Crippen molar-refractivity contribution in [2.75, 3.05) is 6.61 Å². The lowest BCUT2D eigenvalue weighted by Crippen LogP contribution is -2.36. The third kappa shape index (κ3) is 3.04. The second-order valence-corrected chi connectivity index (χ2v) is 5.33. The molecule has 7 heteroatoms. The van der Waals surface area contributed by atoms with Gasteiger partial charge in [-0.15, -0.1) is 0 Å². The van der Waals surface area contributed by atoms with E-state index in [9.17, 15) is 18.4 Å². The zero-order chi connectivity index (χ0) is 16.6. The lowest BCUT2D eigenvalue weighted by molar-refractivity contribution is -0.174. The SMILES string of the molecule is CCOC(=O)C(F)(F)CC1Cc2cc3ccc(=O)oc3cc2O1. The minimum absolute atomic E-state index is 0.107. The van der Waals surface area contributed by atoms with Crippen LogP contribution in [0.2, 0.25) is 0 Å². The summed E-state index contributed by atoms with van der Waals surface area (Å²) in [6.07, 6.45) is -1.35. The van der Waals surface area contributed by atoms with E-state index in [4.69, 9.17) is 9.15 Å². The van der Waals surface area contributed by atoms with Gasteiger partial charge in [-0.05, 0) is 24.6 Å². The molecule has 3 rings (SSSR count). The molecule has 0 aliphatic carbocycles. The molecule has 1 aliphatic heterocycles. The fourth-order valence-electron chi connectivity index (χ4n) is 2.60. The van der Waals surface area contributed by atoms with Crippen molar-refractivity contribution < 1.29 is 27.5 Å². The van der Waals surface area contributed by atoms with E-state index >= 15 is 0 Å². The van der Waals surface area contributed by atoms with Crippen LogP contribution in [-0.2, 0) is 16.0 Å². The van der Waals surface area contributed by atoms with Crippen molar-refractivity contribution in [3.8, 4) is 5.75 Å². The molecule has 0 spiro atoms. The summed E-state index contributed by atoms with van der Waals surface area (Å²) in [5, 5.41) is 0.685. The number of carbonyl (C=O) groups is 1. The molecule has 0 amide bonds. The Bertz CT molecular complexity index is 812. The average Bonchev–Trinajstić information content (AvgIpc) is 2.85. The molecule has 0 fully saturated rings. The first-order valence-electron chi connectivity index (χ1n) is 7.17. The first kappa shape index (κ1) is 15.5. The number of ether oxygens (including phenoxy) is 2. The minimum Gasteiger partial charge on any atom is -0.489 e. The molecule has 0 saturated carbocycles. The van der Waals surface area contributed by atoms with Crippen molar-refractivity contribution in [3.05, 3.63) is 40.2 Å². The van der Waals surface area contributed by atoms with Gasteiger partial charge in [0.25, 0.3) is 0 Å². The highest BCUT2D eigenvalue weighted by Gasteiger charge is 2.44. The molecule has 1 unspecified atom stereocenters. The monoisotopic (exact) mass is 324 g/mol. The molecule has 0 saturated heterocycles. The van der Waals surface area contributed by atoms with Crippen molar-refractivity contribution in [2.45, 2.75) is 31.8 Å². The maximum Gasteiger partial charge on any atom is 0.377 e. The molecule has 5 nitrogen and oxygen atoms in total. The molecule has 1 aliphatic rings. The first-order valence-corrected chi connectivity index (χ1v) is 7.17. The van der Waals surface area contributed by atoms with Gasteiger partial charge in [0.1, 0.15) is 17.4 Å². The number of rotatable bonds is 4. The van der Waals surface area contributed by atoms with E-state index in [-0.39, 0.29) is 13.0 Å². The number of halogens is 2. The molecule has 1 aromatic heterocycles. The van der Waals surface area contributed by atoms with Gasteiger partial charge in [-0.2, -0.15) is 8.78 Å². The Morgan fingerprint density at radius 2 is 2.17 bits per heavy atom. The van der Waals surface area contributed by atoms with E-state index < -0.39 is 30.0 Å². The molecule has 1 atom stereocenters. The summed E-state index contributed by atoms with van der Waals surface area (Å²) in [6.45, 7) is 1.36. The Kier molecular flexibility index (Phi) is 3.79. The highest BCUT2D eigenvalue weighted by Crippen LogP contribution is 2.36. The van der Waals surface area contributed by atoms with Gasteiger partial charge in [-0.25, -0.2) is 9.59 Å². The van der Waals surface area contributed by atoms with Crippen LogP contribution in [0, 0.1) is 0 Å². The van der Waals surface area contributed by atoms with Gasteiger partial charge in [-0.3, -0.25) is 0 Å². The number of hydrogen-bond donors (Lipinski definition) is 0. The van der Waals surface area contributed by atoms with Crippen molar-refractivity contribution in [1.82, 2.24) is 0 Å². The van der Waals surface area contributed by atoms with Crippen LogP contribution in [-0.4, -0.2) is 24.6 Å². The fourth-order valence-corrected chi connectivity index (χ4v) is 2.60. The quantitative estimate of drug-likeness (QED) is 0.639. The number of benzene rings is 1. The number of fused-ring (bicyclic) bond motifs is 2. The van der Waals surface area contributed by atoms with Gasteiger partial charge in [0.15, 0.2) is 0 Å². The summed E-state index contributed by atoms with van der Waals surface area (Å²) in [5.74, 6) is -4.76. The van der Waals surface area contributed by atoms with Gasteiger partial charge < -0.3 is 13.9 Å². The molecule has 2 heterocycles. The molecule has 0 N–H and O–H groups in total. The van der Waals surface area contributed by atoms with Gasteiger partial charge in [0.05, 0.1) is 13.0 Å². The Hall–Kier alpha value is -2.44. The van der Waals surface area contributed by atoms with Crippen molar-refractivity contribution in [1.29, 1.82) is 0 Å². The zero-order valence-corrected chi connectivity index (χ0v) is 12.3. The number of esters is 1. The third-order valence-corrected chi connectivity index (χ3v) is 3.60. The molecule has 0 radical (unpaired) electrons. The second kappa shape index (κ2) is 5.64. The van der Waals surface area contributed by atoms with Gasteiger partial charge in [-0.1, -0.05) is 0 Å². The summed E-state index contributed by atoms with van der Waals surface area (Å²) in [6, 6.07) is 6.13. The van der Waals surface area contributed by atoms with E-state index in [0.717, 1.165) is 5.56 Å². The molecular formula is C16H14F2O5. The van der Waals surface area contributed by atoms with Crippen molar-refractivity contribution in [3.63, 3.8) is 0 Å². The lowest BCUT2D eigenvalue weighted by atomic mass is 10.0. The summed E-state index contributed by atoms with van der Waals surface area (Å²) in [5.41, 5.74) is 0.561. The largest absolute Gasteiger partial charge is 0.489 e. The van der Waals surface area contributed by atoms with E-state index in [1.54, 1.807) is 12.1 Å². The Labute approximate surface area is 129 Å². The minimum atomic E-state index is -3.60. The van der Waals surface area contributed by atoms with Crippen LogP contribution in [0.5, 0.6) is 5.75 Å². The number of hydrogen-bond acceptors (Lipinski definition) is 5. The van der Waals surface area contributed by atoms with Crippen LogP contribution < -0.4 is 10.4 Å². The van der Waals surface area contributed by atoms with E-state index in [1.807, 2.05) is 0 Å². The first-order chi connectivity index (χ1) is 10.9. The van der Waals surface area contributed by atoms with E-state index in [0.29, 0.717) is 16.7 Å². The lowest BCUT2D eigenvalue weighted by Gasteiger charge is -2.18. The number of alkyl halides is 2. The summed E-state index contributed by atoms with van der Waals surface area (Å²) < 4.78 is 42.5. The predicted octanol–water partition coefficient (Wildman–Crippen LogP) is 2.69. The fraction of sp³-hybridized carbons (Fsp3) is 0.375. The predicted molar refractivity (Wildman–Crippen MR) is 76.8 cm³/mol. The summed E-state index contributed by atoms with van der Waals surface area (Å²) >= 11 is 0. The van der Waals surface area contributed by atoms with Crippen LogP contribution in [0.4, 0.5) is 8.78 Å². The molecule has 23 heavy (non-hydrogen) atoms. The Morgan fingerprint density at radius 1 is 1.39 bits per heavy atom. The van der Waals surface area contributed by atoms with Crippen LogP contribution in [0.25, 0.3) is 11.0 Å². The van der Waals surface area contributed by atoms with Crippen LogP contribution >= 0.6 is 0 Å². The Balaban J connectivity index is 1.80. The van der Waals surface area contributed by atoms with Crippen molar-refractivity contribution in [2.24, 2.45) is 0 Å². The standard InChI is InChI=1S/C16H14F2O5/c1-2-21-15(20)16(17,18)8-11-6-10-5-9-3-4-14(19)23-12(9)7-13(10)22-11/h3-5,7,11H,2,6,8H2,1H3. The topological polar surface area (TPSA) is 65.7 Å². The highest BCUT2D eigenvalue weighted by atomic mass is 19.3. The molecular weight excluding hydrogens is 310 g/mol. The van der Waals surface area contributed by atoms with E-state index in [2.05, 4.69) is 4.74 Å². The van der Waals surface area contributed by atoms with Crippen LogP contribution in [0.1, 0.15) is 18.9 Å². The van der Waals surface area contributed by atoms with Crippen molar-refractivity contribution >= 4 is 16.9 Å². The molecule has 0 bridgehead atoms. The highest BCUT2D eigenvalue weighted by molar-refractivity contribution is 5.80. The average molecular weight is 324 g/mol.